The number of benzene rings is 2. The van der Waals surface area contributed by atoms with E-state index in [0.29, 0.717) is 36.8 Å². The van der Waals surface area contributed by atoms with Crippen molar-refractivity contribution in [1.29, 1.82) is 0 Å². The van der Waals surface area contributed by atoms with Gasteiger partial charge in [0.1, 0.15) is 5.60 Å². The third kappa shape index (κ3) is 7.56. The predicted octanol–water partition coefficient (Wildman–Crippen LogP) is 5.77. The third-order valence-electron chi connectivity index (χ3n) is 6.01. The number of amides is 1. The van der Waals surface area contributed by atoms with Gasteiger partial charge < -0.3 is 19.3 Å². The molecule has 7 nitrogen and oxygen atoms in total. The molecule has 1 heterocycles. The number of ether oxygens (including phenoxy) is 2. The molecule has 0 N–H and O–H groups in total. The molecule has 1 aliphatic heterocycles. The molecule has 0 atom stereocenters. The van der Waals surface area contributed by atoms with Crippen LogP contribution < -0.4 is 0 Å². The molecule has 35 heavy (non-hydrogen) atoms. The Morgan fingerprint density at radius 2 is 1.83 bits per heavy atom. The summed E-state index contributed by atoms with van der Waals surface area (Å²) in [4.78, 5) is 32.2. The third-order valence-corrected chi connectivity index (χ3v) is 6.01. The van der Waals surface area contributed by atoms with Crippen molar-refractivity contribution >= 4 is 17.7 Å². The van der Waals surface area contributed by atoms with Crippen LogP contribution in [-0.4, -0.2) is 61.3 Å². The minimum Gasteiger partial charge on any atom is -0.465 e. The van der Waals surface area contributed by atoms with E-state index in [2.05, 4.69) is 22.9 Å². The summed E-state index contributed by atoms with van der Waals surface area (Å²) < 4.78 is 10.5. The van der Waals surface area contributed by atoms with E-state index in [4.69, 9.17) is 16.0 Å². The molecule has 0 bridgehead atoms. The predicted molar refractivity (Wildman–Crippen MR) is 136 cm³/mol. The zero-order valence-electron chi connectivity index (χ0n) is 21.3. The van der Waals surface area contributed by atoms with E-state index in [1.165, 1.54) is 7.11 Å². The van der Waals surface area contributed by atoms with Gasteiger partial charge in [-0.1, -0.05) is 18.2 Å². The Morgan fingerprint density at radius 3 is 2.46 bits per heavy atom. The van der Waals surface area contributed by atoms with Gasteiger partial charge in [0.05, 0.1) is 19.2 Å². The van der Waals surface area contributed by atoms with Crippen molar-refractivity contribution in [2.24, 2.45) is 5.92 Å². The van der Waals surface area contributed by atoms with E-state index >= 15 is 0 Å². The number of carbonyl (C=O) groups excluding carboxylic acids is 2. The maximum Gasteiger partial charge on any atom is 0.410 e. The molecule has 2 aromatic rings. The van der Waals surface area contributed by atoms with Crippen molar-refractivity contribution < 1.29 is 19.1 Å². The van der Waals surface area contributed by atoms with Crippen molar-refractivity contribution in [3.05, 3.63) is 65.0 Å². The zero-order valence-corrected chi connectivity index (χ0v) is 21.3. The fourth-order valence-corrected chi connectivity index (χ4v) is 4.38. The van der Waals surface area contributed by atoms with Crippen LogP contribution in [0.2, 0.25) is 0 Å². The molecule has 0 spiro atoms. The van der Waals surface area contributed by atoms with E-state index in [9.17, 15) is 9.59 Å². The van der Waals surface area contributed by atoms with Crippen LogP contribution in [0.5, 0.6) is 0 Å². The maximum absolute atomic E-state index is 12.3. The number of hydrogen-bond donors (Lipinski definition) is 0. The summed E-state index contributed by atoms with van der Waals surface area (Å²) in [6.07, 6.45) is 1.62. The number of methoxy groups -OCH3 is 1. The van der Waals surface area contributed by atoms with E-state index in [-0.39, 0.29) is 12.1 Å². The van der Waals surface area contributed by atoms with Gasteiger partial charge in [0.25, 0.3) is 0 Å². The summed E-state index contributed by atoms with van der Waals surface area (Å²) in [5.74, 6) is 0.101. The van der Waals surface area contributed by atoms with Gasteiger partial charge in [0.2, 0.25) is 0 Å². The molecule has 0 unspecified atom stereocenters. The Morgan fingerprint density at radius 1 is 1.11 bits per heavy atom. The normalized spacial score (nSPS) is 14.5. The lowest BCUT2D eigenvalue weighted by atomic mass is 9.96. The summed E-state index contributed by atoms with van der Waals surface area (Å²) in [7, 11) is 3.45. The van der Waals surface area contributed by atoms with Gasteiger partial charge in [-0.15, -0.1) is 0 Å². The number of nitrogens with zero attached hydrogens (tertiary/aromatic N) is 3. The summed E-state index contributed by atoms with van der Waals surface area (Å²) in [5.41, 5.74) is 3.35. The van der Waals surface area contributed by atoms with Crippen LogP contribution >= 0.6 is 0 Å². The molecule has 0 saturated carbocycles. The lowest BCUT2D eigenvalue weighted by Crippen LogP contribution is -2.43. The van der Waals surface area contributed by atoms with Crippen LogP contribution in [-0.2, 0) is 16.0 Å². The van der Waals surface area contributed by atoms with Crippen LogP contribution in [0.4, 0.5) is 10.5 Å². The van der Waals surface area contributed by atoms with Gasteiger partial charge in [-0.25, -0.2) is 14.4 Å². The van der Waals surface area contributed by atoms with Gasteiger partial charge in [-0.05, 0) is 87.5 Å². The van der Waals surface area contributed by atoms with Gasteiger partial charge in [0, 0.05) is 26.2 Å². The Balaban J connectivity index is 1.66. The Labute approximate surface area is 208 Å². The average Bonchev–Trinajstić information content (AvgIpc) is 2.82. The topological polar surface area (TPSA) is 63.4 Å². The minimum absolute atomic E-state index is 0.237. The average molecular weight is 478 g/mol. The summed E-state index contributed by atoms with van der Waals surface area (Å²) in [6.45, 7) is 15.9. The monoisotopic (exact) mass is 477 g/mol. The van der Waals surface area contributed by atoms with Crippen LogP contribution in [0.1, 0.15) is 49.5 Å². The Kier molecular flexibility index (Phi) is 8.52. The molecule has 3 rings (SSSR count). The van der Waals surface area contributed by atoms with E-state index in [1.807, 2.05) is 51.1 Å². The van der Waals surface area contributed by atoms with Gasteiger partial charge in [-0.3, -0.25) is 0 Å². The molecule has 186 valence electrons. The molecule has 1 aliphatic rings. The largest absolute Gasteiger partial charge is 0.465 e. The highest BCUT2D eigenvalue weighted by Crippen LogP contribution is 2.28. The molecule has 1 amide bonds. The number of rotatable bonds is 6. The quantitative estimate of drug-likeness (QED) is 0.390. The SMILES string of the molecule is [C-]#[N+]c1cccc(-c2cc(CN(C)CC3CCN(C(=O)OC(C)(C)C)CC3)cc(C(=O)OC)c2)c1. The zero-order chi connectivity index (χ0) is 25.6. The maximum atomic E-state index is 12.3. The van der Waals surface area contributed by atoms with E-state index in [1.54, 1.807) is 11.0 Å². The minimum atomic E-state index is -0.483. The number of carbonyl (C=O) groups is 2. The smallest absolute Gasteiger partial charge is 0.410 e. The highest BCUT2D eigenvalue weighted by atomic mass is 16.6. The van der Waals surface area contributed by atoms with E-state index in [0.717, 1.165) is 36.1 Å². The first-order valence-electron chi connectivity index (χ1n) is 11.9. The van der Waals surface area contributed by atoms with Crippen molar-refractivity contribution in [3.63, 3.8) is 0 Å². The first kappa shape index (κ1) is 26.2. The van der Waals surface area contributed by atoms with Gasteiger partial charge in [-0.2, -0.15) is 0 Å². The van der Waals surface area contributed by atoms with Crippen molar-refractivity contribution in [2.75, 3.05) is 33.8 Å². The molecule has 1 fully saturated rings. The first-order chi connectivity index (χ1) is 16.6. The number of likely N-dealkylation sites (tertiary alicyclic amines) is 1. The van der Waals surface area contributed by atoms with Gasteiger partial charge >= 0.3 is 12.1 Å². The molecule has 7 heteroatoms. The second-order valence-corrected chi connectivity index (χ2v) is 10.2. The summed E-state index contributed by atoms with van der Waals surface area (Å²) in [5, 5.41) is 0. The Bertz CT molecular complexity index is 1090. The van der Waals surface area contributed by atoms with Gasteiger partial charge in [0.15, 0.2) is 5.69 Å². The van der Waals surface area contributed by atoms with Crippen LogP contribution in [0.15, 0.2) is 42.5 Å². The lowest BCUT2D eigenvalue weighted by Gasteiger charge is -2.35. The van der Waals surface area contributed by atoms with Crippen LogP contribution in [0.25, 0.3) is 16.0 Å². The highest BCUT2D eigenvalue weighted by Gasteiger charge is 2.27. The molecule has 1 saturated heterocycles. The Hall–Kier alpha value is -3.37. The fourth-order valence-electron chi connectivity index (χ4n) is 4.38. The molecule has 0 aliphatic carbocycles. The number of esters is 1. The lowest BCUT2D eigenvalue weighted by molar-refractivity contribution is 0.0172. The molecule has 0 aromatic heterocycles. The van der Waals surface area contributed by atoms with E-state index < -0.39 is 5.60 Å². The van der Waals surface area contributed by atoms with Crippen molar-refractivity contribution in [3.8, 4) is 11.1 Å². The standard InChI is InChI=1S/C28H35N3O4/c1-28(2,3)35-27(33)31-12-10-20(11-13-31)18-30(5)19-21-14-23(16-24(15-21)26(32)34-6)22-8-7-9-25(17-22)29-4/h7-9,14-17,20H,10-13,18-19H2,1-3,5-6H3. The second kappa shape index (κ2) is 11.4. The summed E-state index contributed by atoms with van der Waals surface area (Å²) >= 11 is 0. The first-order valence-corrected chi connectivity index (χ1v) is 11.9. The number of hydrogen-bond acceptors (Lipinski definition) is 5. The van der Waals surface area contributed by atoms with Crippen molar-refractivity contribution in [2.45, 2.75) is 45.8 Å². The molecule has 0 radical (unpaired) electrons. The van der Waals surface area contributed by atoms with Crippen LogP contribution in [0.3, 0.4) is 0 Å². The number of piperidine rings is 1. The van der Waals surface area contributed by atoms with Crippen molar-refractivity contribution in [1.82, 2.24) is 9.80 Å². The molecular weight excluding hydrogens is 442 g/mol. The molecular formula is C28H35N3O4. The second-order valence-electron chi connectivity index (χ2n) is 10.2. The molecule has 2 aromatic carbocycles. The van der Waals surface area contributed by atoms with Crippen LogP contribution in [0, 0.1) is 12.5 Å². The fraction of sp³-hybridized carbons (Fsp3) is 0.464. The highest BCUT2D eigenvalue weighted by molar-refractivity contribution is 5.91. The summed E-state index contributed by atoms with van der Waals surface area (Å²) in [6, 6.07) is 13.1.